The maximum absolute atomic E-state index is 12.7. The van der Waals surface area contributed by atoms with Crippen LogP contribution in [0.3, 0.4) is 0 Å². The highest BCUT2D eigenvalue weighted by molar-refractivity contribution is 7.92. The minimum absolute atomic E-state index is 0.0419. The van der Waals surface area contributed by atoms with Crippen molar-refractivity contribution >= 4 is 28.0 Å². The summed E-state index contributed by atoms with van der Waals surface area (Å²) in [7, 11) is -1.71. The van der Waals surface area contributed by atoms with Crippen LogP contribution in [0.1, 0.15) is 13.8 Å². The predicted molar refractivity (Wildman–Crippen MR) is 100 cm³/mol. The maximum atomic E-state index is 12.7. The Balaban J connectivity index is 1.92. The first kappa shape index (κ1) is 17.4. The summed E-state index contributed by atoms with van der Waals surface area (Å²) >= 11 is 0. The van der Waals surface area contributed by atoms with E-state index in [4.69, 9.17) is 4.74 Å². The number of fused-ring (bicyclic) bond motifs is 1. The molecule has 25 heavy (non-hydrogen) atoms. The highest BCUT2D eigenvalue weighted by atomic mass is 32.2. The number of benzene rings is 2. The van der Waals surface area contributed by atoms with Crippen molar-refractivity contribution in [3.8, 4) is 5.75 Å². The molecule has 0 atom stereocenters. The van der Waals surface area contributed by atoms with Crippen molar-refractivity contribution in [2.24, 2.45) is 0 Å². The summed E-state index contributed by atoms with van der Waals surface area (Å²) in [6, 6.07) is 12.1. The molecular formula is C19H22N2O3S. The zero-order valence-electron chi connectivity index (χ0n) is 14.6. The first-order valence-corrected chi connectivity index (χ1v) is 9.64. The minimum Gasteiger partial charge on any atom is -0.491 e. The highest BCUT2D eigenvalue weighted by Crippen LogP contribution is 2.19. The quantitative estimate of drug-likeness (QED) is 0.885. The fourth-order valence-corrected chi connectivity index (χ4v) is 3.76. The Bertz CT molecular complexity index is 980. The molecule has 0 saturated carbocycles. The molecule has 0 spiro atoms. The number of nitrogens with one attached hydrogen (secondary N) is 1. The fraction of sp³-hybridized carbons (Fsp3) is 0.263. The van der Waals surface area contributed by atoms with E-state index in [-0.39, 0.29) is 11.0 Å². The van der Waals surface area contributed by atoms with Crippen LogP contribution < -0.4 is 19.9 Å². The average molecular weight is 358 g/mol. The lowest BCUT2D eigenvalue weighted by atomic mass is 10.1. The van der Waals surface area contributed by atoms with Gasteiger partial charge in [-0.25, -0.2) is 8.42 Å². The molecule has 0 saturated heterocycles. The summed E-state index contributed by atoms with van der Waals surface area (Å²) in [6.45, 7) is 4.66. The molecule has 1 aliphatic heterocycles. The Morgan fingerprint density at radius 2 is 1.84 bits per heavy atom. The summed E-state index contributed by atoms with van der Waals surface area (Å²) in [5.74, 6) is 0.649. The van der Waals surface area contributed by atoms with E-state index in [2.05, 4.69) is 10.8 Å². The smallest absolute Gasteiger partial charge is 0.261 e. The van der Waals surface area contributed by atoms with E-state index in [0.29, 0.717) is 11.4 Å². The van der Waals surface area contributed by atoms with Gasteiger partial charge in [-0.15, -0.1) is 0 Å². The van der Waals surface area contributed by atoms with Crippen LogP contribution in [-0.2, 0) is 10.0 Å². The number of ether oxygens (including phenoxy) is 1. The third-order valence-corrected chi connectivity index (χ3v) is 5.22. The summed E-state index contributed by atoms with van der Waals surface area (Å²) in [4.78, 5) is 2.22. The van der Waals surface area contributed by atoms with Crippen molar-refractivity contribution in [3.05, 3.63) is 52.9 Å². The summed E-state index contributed by atoms with van der Waals surface area (Å²) in [5, 5.41) is 1.90. The van der Waals surface area contributed by atoms with E-state index >= 15 is 0 Å². The molecule has 1 N–H and O–H groups in total. The van der Waals surface area contributed by atoms with Gasteiger partial charge in [0.05, 0.1) is 16.7 Å². The molecule has 3 rings (SSSR count). The second-order valence-corrected chi connectivity index (χ2v) is 8.01. The molecule has 2 aromatic carbocycles. The van der Waals surface area contributed by atoms with Gasteiger partial charge >= 0.3 is 0 Å². The first-order valence-electron chi connectivity index (χ1n) is 8.16. The normalized spacial score (nSPS) is 13.7. The van der Waals surface area contributed by atoms with E-state index < -0.39 is 10.0 Å². The van der Waals surface area contributed by atoms with Crippen LogP contribution in [0.2, 0.25) is 0 Å². The number of hydrogen-bond donors (Lipinski definition) is 1. The van der Waals surface area contributed by atoms with E-state index in [0.717, 1.165) is 17.0 Å². The second kappa shape index (κ2) is 6.80. The number of sulfonamides is 1. The zero-order chi connectivity index (χ0) is 18.0. The number of nitrogens with zero attached hydrogens (tertiary/aromatic N) is 1. The molecule has 0 bridgehead atoms. The molecule has 1 aliphatic rings. The lowest BCUT2D eigenvalue weighted by molar-refractivity contribution is 0.242. The summed E-state index contributed by atoms with van der Waals surface area (Å²) in [5.41, 5.74) is 0.572. The summed E-state index contributed by atoms with van der Waals surface area (Å²) in [6.07, 6.45) is 4.07. The van der Waals surface area contributed by atoms with Gasteiger partial charge in [0, 0.05) is 25.0 Å². The van der Waals surface area contributed by atoms with Crippen LogP contribution in [0.25, 0.3) is 12.3 Å². The maximum Gasteiger partial charge on any atom is 0.261 e. The van der Waals surface area contributed by atoms with Gasteiger partial charge in [0.1, 0.15) is 5.75 Å². The van der Waals surface area contributed by atoms with Crippen LogP contribution in [-0.4, -0.2) is 33.0 Å². The van der Waals surface area contributed by atoms with Crippen LogP contribution in [0.5, 0.6) is 5.75 Å². The lowest BCUT2D eigenvalue weighted by Crippen LogP contribution is -2.36. The third kappa shape index (κ3) is 3.96. The van der Waals surface area contributed by atoms with Crippen molar-refractivity contribution in [1.82, 2.24) is 4.90 Å². The van der Waals surface area contributed by atoms with Crippen molar-refractivity contribution < 1.29 is 13.2 Å². The first-order chi connectivity index (χ1) is 11.8. The molecule has 132 valence electrons. The van der Waals surface area contributed by atoms with Gasteiger partial charge in [-0.3, -0.25) is 4.72 Å². The van der Waals surface area contributed by atoms with Gasteiger partial charge < -0.3 is 9.64 Å². The monoisotopic (exact) mass is 358 g/mol. The third-order valence-electron chi connectivity index (χ3n) is 3.84. The van der Waals surface area contributed by atoms with Crippen molar-refractivity contribution in [1.29, 1.82) is 0 Å². The Kier molecular flexibility index (Phi) is 4.72. The zero-order valence-corrected chi connectivity index (χ0v) is 15.4. The van der Waals surface area contributed by atoms with Crippen LogP contribution in [0, 0.1) is 0 Å². The Labute approximate surface area is 148 Å². The van der Waals surface area contributed by atoms with Crippen molar-refractivity contribution in [2.45, 2.75) is 24.8 Å². The molecule has 1 heterocycles. The molecular weight excluding hydrogens is 336 g/mol. The molecule has 6 heteroatoms. The molecule has 0 radical (unpaired) electrons. The molecule has 0 aliphatic carbocycles. The Hall–Kier alpha value is -2.47. The van der Waals surface area contributed by atoms with Gasteiger partial charge in [-0.1, -0.05) is 18.2 Å². The van der Waals surface area contributed by atoms with Gasteiger partial charge in [0.25, 0.3) is 10.0 Å². The number of anilines is 1. The number of hydrogen-bond acceptors (Lipinski definition) is 4. The SMILES string of the molecule is CC(C)Oc1ccc(S(=O)(=O)Nc2cccc3c2=CN(C)CC=3)cc1. The Morgan fingerprint density at radius 3 is 2.52 bits per heavy atom. The van der Waals surface area contributed by atoms with E-state index in [1.807, 2.05) is 44.1 Å². The van der Waals surface area contributed by atoms with Gasteiger partial charge in [-0.05, 0) is 49.4 Å². The fourth-order valence-electron chi connectivity index (χ4n) is 2.68. The standard InChI is InChI=1S/C19H22N2O3S/c1-14(2)24-16-7-9-17(10-8-16)25(22,23)20-19-6-4-5-15-11-12-21(3)13-18(15)19/h4-11,13-14,20H,12H2,1-3H3. The highest BCUT2D eigenvalue weighted by Gasteiger charge is 2.16. The summed E-state index contributed by atoms with van der Waals surface area (Å²) < 4.78 is 33.7. The topological polar surface area (TPSA) is 58.6 Å². The van der Waals surface area contributed by atoms with Crippen LogP contribution >= 0.6 is 0 Å². The Morgan fingerprint density at radius 1 is 1.12 bits per heavy atom. The van der Waals surface area contributed by atoms with Gasteiger partial charge in [0.2, 0.25) is 0 Å². The van der Waals surface area contributed by atoms with Gasteiger partial charge in [-0.2, -0.15) is 0 Å². The average Bonchev–Trinajstić information content (AvgIpc) is 2.55. The minimum atomic E-state index is -3.67. The second-order valence-electron chi connectivity index (χ2n) is 6.32. The van der Waals surface area contributed by atoms with E-state index in [9.17, 15) is 8.42 Å². The lowest BCUT2D eigenvalue weighted by Gasteiger charge is -2.17. The molecule has 5 nitrogen and oxygen atoms in total. The number of rotatable bonds is 5. The molecule has 2 aromatic rings. The molecule has 0 fully saturated rings. The van der Waals surface area contributed by atoms with Crippen LogP contribution in [0.15, 0.2) is 47.4 Å². The van der Waals surface area contributed by atoms with E-state index in [1.165, 1.54) is 0 Å². The molecule has 0 aromatic heterocycles. The molecule has 0 unspecified atom stereocenters. The predicted octanol–water partition coefficient (Wildman–Crippen LogP) is 1.74. The van der Waals surface area contributed by atoms with Crippen LogP contribution in [0.4, 0.5) is 5.69 Å². The van der Waals surface area contributed by atoms with Gasteiger partial charge in [0.15, 0.2) is 0 Å². The van der Waals surface area contributed by atoms with E-state index in [1.54, 1.807) is 30.3 Å². The molecule has 0 amide bonds. The largest absolute Gasteiger partial charge is 0.491 e. The van der Waals surface area contributed by atoms with Crippen molar-refractivity contribution in [3.63, 3.8) is 0 Å². The van der Waals surface area contributed by atoms with Crippen molar-refractivity contribution in [2.75, 3.05) is 18.3 Å².